The third kappa shape index (κ3) is 2.54. The molecule has 6 heteroatoms. The van der Waals surface area contributed by atoms with E-state index in [0.29, 0.717) is 0 Å². The van der Waals surface area contributed by atoms with Crippen molar-refractivity contribution in [2.75, 3.05) is 28.4 Å². The topological polar surface area (TPSA) is 36.9 Å². The summed E-state index contributed by atoms with van der Waals surface area (Å²) in [5.41, 5.74) is 6.78. The van der Waals surface area contributed by atoms with Crippen LogP contribution in [0.5, 0.6) is 0 Å². The maximum atomic E-state index is 5.88. The summed E-state index contributed by atoms with van der Waals surface area (Å²) in [6.07, 6.45) is -0.787. The molecule has 0 spiro atoms. The molecule has 0 saturated carbocycles. The highest BCUT2D eigenvalue weighted by Crippen LogP contribution is 2.58. The molecule has 4 atom stereocenters. The van der Waals surface area contributed by atoms with Crippen molar-refractivity contribution in [2.24, 2.45) is 0 Å². The fourth-order valence-electron chi connectivity index (χ4n) is 4.43. The average molecular weight is 484 g/mol. The minimum atomic E-state index is -0.197. The van der Waals surface area contributed by atoms with Gasteiger partial charge in [-0.05, 0) is 57.6 Å². The number of rotatable bonds is 4. The minimum Gasteiger partial charge on any atom is -0.374 e. The fraction of sp³-hybridized carbons (Fsp3) is 0.400. The van der Waals surface area contributed by atoms with E-state index in [0.717, 1.165) is 31.2 Å². The van der Waals surface area contributed by atoms with Crippen LogP contribution in [0.2, 0.25) is 0 Å². The van der Waals surface area contributed by atoms with E-state index in [1.54, 1.807) is 28.4 Å². The van der Waals surface area contributed by atoms with Gasteiger partial charge in [0.1, 0.15) is 24.4 Å². The van der Waals surface area contributed by atoms with Gasteiger partial charge >= 0.3 is 0 Å². The number of methoxy groups -OCH3 is 4. The van der Waals surface area contributed by atoms with E-state index >= 15 is 0 Å². The second kappa shape index (κ2) is 7.00. The van der Waals surface area contributed by atoms with Crippen LogP contribution < -0.4 is 0 Å². The lowest BCUT2D eigenvalue weighted by Gasteiger charge is -2.42. The van der Waals surface area contributed by atoms with Crippen molar-refractivity contribution >= 4 is 31.9 Å². The molecule has 4 unspecified atom stereocenters. The fourth-order valence-corrected chi connectivity index (χ4v) is 5.42. The van der Waals surface area contributed by atoms with E-state index in [1.807, 2.05) is 0 Å². The highest BCUT2D eigenvalue weighted by Gasteiger charge is 2.44. The van der Waals surface area contributed by atoms with E-state index in [2.05, 4.69) is 56.1 Å². The molecule has 2 aromatic rings. The first-order chi connectivity index (χ1) is 12.5. The van der Waals surface area contributed by atoms with Crippen LogP contribution in [0.15, 0.2) is 33.2 Å². The summed E-state index contributed by atoms with van der Waals surface area (Å²) in [7, 11) is 6.90. The lowest BCUT2D eigenvalue weighted by Crippen LogP contribution is -2.29. The normalized spacial score (nSPS) is 25.9. The van der Waals surface area contributed by atoms with Gasteiger partial charge in [-0.3, -0.25) is 0 Å². The third-order valence-corrected chi connectivity index (χ3v) is 6.29. The van der Waals surface area contributed by atoms with E-state index in [4.69, 9.17) is 18.9 Å². The van der Waals surface area contributed by atoms with Gasteiger partial charge in [-0.1, -0.05) is 31.9 Å². The van der Waals surface area contributed by atoms with Gasteiger partial charge in [0.15, 0.2) is 0 Å². The first-order valence-corrected chi connectivity index (χ1v) is 9.92. The number of benzene rings is 2. The Hall–Kier alpha value is -0.760. The maximum absolute atomic E-state index is 5.88. The Kier molecular flexibility index (Phi) is 5.01. The van der Waals surface area contributed by atoms with Gasteiger partial charge in [0, 0.05) is 37.4 Å². The molecule has 0 fully saturated rings. The molecule has 0 amide bonds. The molecule has 138 valence electrons. The van der Waals surface area contributed by atoms with E-state index < -0.39 is 0 Å². The monoisotopic (exact) mass is 482 g/mol. The van der Waals surface area contributed by atoms with E-state index in [1.165, 1.54) is 11.1 Å². The highest BCUT2D eigenvalue weighted by atomic mass is 79.9. The number of hydrogen-bond donors (Lipinski definition) is 0. The van der Waals surface area contributed by atoms with E-state index in [-0.39, 0.29) is 24.4 Å². The van der Waals surface area contributed by atoms with Crippen molar-refractivity contribution in [3.05, 3.63) is 55.5 Å². The SMILES string of the molecule is COC1c2cc(Br)cc3c2-c2c(cc(Br)cc2C(OC)C3OC)C1OC. The largest absolute Gasteiger partial charge is 0.374 e. The molecule has 0 aliphatic heterocycles. The number of halogens is 2. The van der Waals surface area contributed by atoms with Crippen LogP contribution >= 0.6 is 31.9 Å². The average Bonchev–Trinajstić information content (AvgIpc) is 2.63. The lowest BCUT2D eigenvalue weighted by atomic mass is 9.71. The van der Waals surface area contributed by atoms with Crippen LogP contribution in [0, 0.1) is 0 Å². The first kappa shape index (κ1) is 18.6. The summed E-state index contributed by atoms with van der Waals surface area (Å²) in [5, 5.41) is 0. The summed E-state index contributed by atoms with van der Waals surface area (Å²) < 4.78 is 25.5. The van der Waals surface area contributed by atoms with Gasteiger partial charge in [-0.15, -0.1) is 0 Å². The molecule has 0 aromatic heterocycles. The molecule has 0 saturated heterocycles. The summed E-state index contributed by atoms with van der Waals surface area (Å²) in [6.45, 7) is 0. The summed E-state index contributed by atoms with van der Waals surface area (Å²) >= 11 is 7.30. The van der Waals surface area contributed by atoms with Crippen molar-refractivity contribution in [1.82, 2.24) is 0 Å². The zero-order valence-electron chi connectivity index (χ0n) is 15.0. The second-order valence-corrected chi connectivity index (χ2v) is 8.38. The van der Waals surface area contributed by atoms with Crippen molar-refractivity contribution in [3.63, 3.8) is 0 Å². The predicted octanol–water partition coefficient (Wildman–Crippen LogP) is 5.66. The summed E-state index contributed by atoms with van der Waals surface area (Å²) in [4.78, 5) is 0. The van der Waals surface area contributed by atoms with Gasteiger partial charge in [-0.25, -0.2) is 0 Å². The van der Waals surface area contributed by atoms with Crippen molar-refractivity contribution in [1.29, 1.82) is 0 Å². The molecular formula is C20H20Br2O4. The Morgan fingerprint density at radius 2 is 0.769 bits per heavy atom. The molecule has 2 aliphatic rings. The number of ether oxygens (including phenoxy) is 4. The molecular weight excluding hydrogens is 464 g/mol. The highest BCUT2D eigenvalue weighted by molar-refractivity contribution is 9.10. The molecule has 0 radical (unpaired) electrons. The molecule has 4 nitrogen and oxygen atoms in total. The van der Waals surface area contributed by atoms with E-state index in [9.17, 15) is 0 Å². The summed E-state index contributed by atoms with van der Waals surface area (Å²) in [6, 6.07) is 8.47. The standard InChI is InChI=1S/C20H20Br2O4/c1-23-17-11-5-9(21)7-13-15(11)16-12(18(17)24-2)6-10(22)8-14(16)20(26-4)19(13)25-3/h5-8,17-20H,1-4H3. The van der Waals surface area contributed by atoms with Crippen molar-refractivity contribution in [2.45, 2.75) is 24.4 Å². The first-order valence-electron chi connectivity index (χ1n) is 8.33. The number of hydrogen-bond acceptors (Lipinski definition) is 4. The van der Waals surface area contributed by atoms with Crippen LogP contribution in [0.3, 0.4) is 0 Å². The van der Waals surface area contributed by atoms with Crippen molar-refractivity contribution in [3.8, 4) is 11.1 Å². The molecule has 26 heavy (non-hydrogen) atoms. The van der Waals surface area contributed by atoms with Gasteiger partial charge in [0.05, 0.1) is 0 Å². The zero-order chi connectivity index (χ0) is 18.6. The molecule has 2 aromatic carbocycles. The quantitative estimate of drug-likeness (QED) is 0.562. The van der Waals surface area contributed by atoms with Crippen LogP contribution in [0.1, 0.15) is 46.7 Å². The van der Waals surface area contributed by atoms with Gasteiger partial charge in [0.2, 0.25) is 0 Å². The van der Waals surface area contributed by atoms with Crippen LogP contribution in [0.25, 0.3) is 11.1 Å². The maximum Gasteiger partial charge on any atom is 0.113 e. The van der Waals surface area contributed by atoms with Crippen molar-refractivity contribution < 1.29 is 18.9 Å². The minimum absolute atomic E-state index is 0.197. The molecule has 2 aliphatic carbocycles. The molecule has 0 heterocycles. The molecule has 0 N–H and O–H groups in total. The Morgan fingerprint density at radius 3 is 0.962 bits per heavy atom. The third-order valence-electron chi connectivity index (χ3n) is 5.37. The smallest absolute Gasteiger partial charge is 0.113 e. The summed E-state index contributed by atoms with van der Waals surface area (Å²) in [5.74, 6) is 0. The van der Waals surface area contributed by atoms with Crippen LogP contribution in [-0.4, -0.2) is 28.4 Å². The second-order valence-electron chi connectivity index (χ2n) is 6.54. The molecule has 0 bridgehead atoms. The van der Waals surface area contributed by atoms with Gasteiger partial charge in [0.25, 0.3) is 0 Å². The Balaban J connectivity index is 2.14. The predicted molar refractivity (Wildman–Crippen MR) is 106 cm³/mol. The van der Waals surface area contributed by atoms with Crippen LogP contribution in [0.4, 0.5) is 0 Å². The molecule has 4 rings (SSSR count). The van der Waals surface area contributed by atoms with Gasteiger partial charge < -0.3 is 18.9 Å². The Bertz CT molecular complexity index is 733. The van der Waals surface area contributed by atoms with Gasteiger partial charge in [-0.2, -0.15) is 0 Å². The Labute approximate surface area is 170 Å². The van der Waals surface area contributed by atoms with Crippen LogP contribution in [-0.2, 0) is 18.9 Å². The zero-order valence-corrected chi connectivity index (χ0v) is 18.2. The Morgan fingerprint density at radius 1 is 0.538 bits per heavy atom. The lowest BCUT2D eigenvalue weighted by molar-refractivity contribution is -0.0490.